The van der Waals surface area contributed by atoms with Gasteiger partial charge in [-0.3, -0.25) is 14.2 Å². The van der Waals surface area contributed by atoms with Gasteiger partial charge in [0.1, 0.15) is 0 Å². The Balaban J connectivity index is 1.99. The number of aromatic nitrogens is 2. The largest absolute Gasteiger partial charge is 0.465 e. The smallest absolute Gasteiger partial charge is 0.328 e. The number of nitrogens with zero attached hydrogens (tertiary/aromatic N) is 1. The Morgan fingerprint density at radius 2 is 1.50 bits per heavy atom. The summed E-state index contributed by atoms with van der Waals surface area (Å²) in [5.74, 6) is 0.824. The number of aromatic amines is 1. The highest BCUT2D eigenvalue weighted by Gasteiger charge is 2.24. The van der Waals surface area contributed by atoms with Crippen LogP contribution >= 0.6 is 0 Å². The third-order valence-electron chi connectivity index (χ3n) is 5.55. The molecule has 1 heterocycles. The lowest BCUT2D eigenvalue weighted by Gasteiger charge is -2.21. The summed E-state index contributed by atoms with van der Waals surface area (Å²) in [5.41, 5.74) is -0.558. The van der Waals surface area contributed by atoms with E-state index in [-0.39, 0.29) is 23.1 Å². The average Bonchev–Trinajstić information content (AvgIpc) is 2.68. The summed E-state index contributed by atoms with van der Waals surface area (Å²) >= 11 is 0. The number of esters is 1. The van der Waals surface area contributed by atoms with E-state index in [1.807, 2.05) is 0 Å². The number of hydrogen-bond acceptors (Lipinski definition) is 4. The van der Waals surface area contributed by atoms with Crippen LogP contribution < -0.4 is 11.2 Å². The lowest BCUT2D eigenvalue weighted by molar-refractivity contribution is -0.151. The second-order valence-corrected chi connectivity index (χ2v) is 9.10. The molecular weight excluding hydrogens is 380 g/mol. The van der Waals surface area contributed by atoms with E-state index < -0.39 is 0 Å². The highest BCUT2D eigenvalue weighted by Crippen LogP contribution is 2.22. The second-order valence-electron chi connectivity index (χ2n) is 9.10. The normalized spacial score (nSPS) is 12.5. The summed E-state index contributed by atoms with van der Waals surface area (Å²) in [4.78, 5) is 38.0. The summed E-state index contributed by atoms with van der Waals surface area (Å²) in [6.07, 6.45) is 12.1. The highest BCUT2D eigenvalue weighted by atomic mass is 16.5. The van der Waals surface area contributed by atoms with Crippen molar-refractivity contribution in [2.45, 2.75) is 98.4 Å². The Labute approximate surface area is 181 Å². The number of hydrogen-bond donors (Lipinski definition) is 1. The van der Waals surface area contributed by atoms with Gasteiger partial charge in [0.15, 0.2) is 0 Å². The van der Waals surface area contributed by atoms with E-state index in [1.54, 1.807) is 0 Å². The number of carbonyl (C=O) groups is 1. The van der Waals surface area contributed by atoms with Crippen LogP contribution in [0.5, 0.6) is 0 Å². The maximum atomic E-state index is 12.2. The molecule has 1 rings (SSSR count). The van der Waals surface area contributed by atoms with Gasteiger partial charge in [0.05, 0.1) is 12.5 Å². The Morgan fingerprint density at radius 3 is 2.03 bits per heavy atom. The van der Waals surface area contributed by atoms with Crippen LogP contribution in [0.2, 0.25) is 0 Å². The molecule has 0 aromatic carbocycles. The molecule has 0 spiro atoms. The van der Waals surface area contributed by atoms with Gasteiger partial charge in [-0.15, -0.1) is 0 Å². The van der Waals surface area contributed by atoms with E-state index in [2.05, 4.69) is 32.7 Å². The van der Waals surface area contributed by atoms with E-state index in [0.29, 0.717) is 25.0 Å². The minimum absolute atomic E-state index is 0.0175. The van der Waals surface area contributed by atoms with Crippen LogP contribution in [-0.4, -0.2) is 22.1 Å². The van der Waals surface area contributed by atoms with Gasteiger partial charge in [0.25, 0.3) is 5.56 Å². The number of rotatable bonds is 16. The van der Waals surface area contributed by atoms with Gasteiger partial charge in [0, 0.05) is 18.8 Å². The highest BCUT2D eigenvalue weighted by molar-refractivity contribution is 5.72. The fourth-order valence-electron chi connectivity index (χ4n) is 3.70. The SMILES string of the molecule is CC(C)CC(C(=O)OCCCCCCCCCCCn1c(=O)cc[nH]c1=O)C(C)C. The molecule has 0 radical (unpaired) electrons. The number of H-pyrrole nitrogens is 1. The van der Waals surface area contributed by atoms with Gasteiger partial charge in [-0.2, -0.15) is 0 Å². The number of unbranched alkanes of at least 4 members (excludes halogenated alkanes) is 8. The Kier molecular flexibility index (Phi) is 13.1. The molecule has 0 amide bonds. The van der Waals surface area contributed by atoms with Crippen molar-refractivity contribution in [3.05, 3.63) is 33.1 Å². The molecule has 6 nitrogen and oxygen atoms in total. The third-order valence-corrected chi connectivity index (χ3v) is 5.55. The zero-order chi connectivity index (χ0) is 22.4. The maximum absolute atomic E-state index is 12.2. The van der Waals surface area contributed by atoms with Gasteiger partial charge >= 0.3 is 11.7 Å². The molecule has 0 saturated heterocycles. The minimum Gasteiger partial charge on any atom is -0.465 e. The predicted octanol–water partition coefficient (Wildman–Crippen LogP) is 4.91. The zero-order valence-electron chi connectivity index (χ0n) is 19.5. The summed E-state index contributed by atoms with van der Waals surface area (Å²) < 4.78 is 6.77. The quantitative estimate of drug-likeness (QED) is 0.303. The van der Waals surface area contributed by atoms with E-state index in [0.717, 1.165) is 38.5 Å². The molecule has 1 atom stereocenters. The fraction of sp³-hybridized carbons (Fsp3) is 0.792. The third kappa shape index (κ3) is 10.8. The molecule has 30 heavy (non-hydrogen) atoms. The standard InChI is InChI=1S/C24H42N2O4/c1-19(2)18-21(20(3)4)23(28)30-17-13-11-9-7-5-6-8-10-12-16-26-22(27)14-15-25-24(26)29/h14-15,19-21H,5-13,16-18H2,1-4H3,(H,25,29). The van der Waals surface area contributed by atoms with Crippen molar-refractivity contribution < 1.29 is 9.53 Å². The summed E-state index contributed by atoms with van der Waals surface area (Å²) in [7, 11) is 0. The number of carbonyl (C=O) groups excluding carboxylic acids is 1. The molecule has 1 aromatic heterocycles. The fourth-order valence-corrected chi connectivity index (χ4v) is 3.70. The molecule has 0 fully saturated rings. The molecule has 0 bridgehead atoms. The molecule has 0 aliphatic rings. The molecule has 0 aliphatic carbocycles. The number of ether oxygens (including phenoxy) is 1. The summed E-state index contributed by atoms with van der Waals surface area (Å²) in [5, 5.41) is 0. The Morgan fingerprint density at radius 1 is 0.933 bits per heavy atom. The van der Waals surface area contributed by atoms with Crippen molar-refractivity contribution in [1.29, 1.82) is 0 Å². The molecule has 0 saturated carbocycles. The van der Waals surface area contributed by atoms with Gasteiger partial charge in [-0.25, -0.2) is 4.79 Å². The lowest BCUT2D eigenvalue weighted by Crippen LogP contribution is -2.33. The molecule has 1 aromatic rings. The van der Waals surface area contributed by atoms with Crippen LogP contribution in [0, 0.1) is 17.8 Å². The maximum Gasteiger partial charge on any atom is 0.328 e. The average molecular weight is 423 g/mol. The van der Waals surface area contributed by atoms with Crippen LogP contribution in [0.1, 0.15) is 91.9 Å². The zero-order valence-corrected chi connectivity index (χ0v) is 19.5. The van der Waals surface area contributed by atoms with Crippen LogP contribution in [0.15, 0.2) is 21.9 Å². The first kappa shape index (κ1) is 26.2. The molecule has 1 unspecified atom stereocenters. The second kappa shape index (κ2) is 15.0. The van der Waals surface area contributed by atoms with Gasteiger partial charge in [-0.05, 0) is 31.1 Å². The molecule has 1 N–H and O–H groups in total. The monoisotopic (exact) mass is 422 g/mol. The van der Waals surface area contributed by atoms with Crippen molar-refractivity contribution in [3.63, 3.8) is 0 Å². The van der Waals surface area contributed by atoms with Crippen LogP contribution in [-0.2, 0) is 16.1 Å². The first-order valence-electron chi connectivity index (χ1n) is 11.8. The van der Waals surface area contributed by atoms with Crippen molar-refractivity contribution in [2.75, 3.05) is 6.61 Å². The molecule has 172 valence electrons. The van der Waals surface area contributed by atoms with Crippen LogP contribution in [0.25, 0.3) is 0 Å². The van der Waals surface area contributed by atoms with E-state index in [1.165, 1.54) is 42.5 Å². The predicted molar refractivity (Wildman–Crippen MR) is 122 cm³/mol. The summed E-state index contributed by atoms with van der Waals surface area (Å²) in [6.45, 7) is 9.51. The van der Waals surface area contributed by atoms with E-state index in [4.69, 9.17) is 4.74 Å². The minimum atomic E-state index is -0.326. The molecule has 0 aliphatic heterocycles. The molecule has 6 heteroatoms. The Hall–Kier alpha value is -1.85. The first-order chi connectivity index (χ1) is 14.3. The van der Waals surface area contributed by atoms with Gasteiger partial charge < -0.3 is 9.72 Å². The molecular formula is C24H42N2O4. The summed E-state index contributed by atoms with van der Waals surface area (Å²) in [6, 6.07) is 1.39. The van der Waals surface area contributed by atoms with Crippen molar-refractivity contribution in [3.8, 4) is 0 Å². The number of nitrogens with one attached hydrogen (secondary N) is 1. The topological polar surface area (TPSA) is 81.2 Å². The van der Waals surface area contributed by atoms with E-state index in [9.17, 15) is 14.4 Å². The van der Waals surface area contributed by atoms with Crippen molar-refractivity contribution in [2.24, 2.45) is 17.8 Å². The Bertz CT molecular complexity index is 677. The van der Waals surface area contributed by atoms with Crippen LogP contribution in [0.4, 0.5) is 0 Å². The van der Waals surface area contributed by atoms with Crippen LogP contribution in [0.3, 0.4) is 0 Å². The van der Waals surface area contributed by atoms with E-state index >= 15 is 0 Å². The van der Waals surface area contributed by atoms with Crippen molar-refractivity contribution in [1.82, 2.24) is 9.55 Å². The van der Waals surface area contributed by atoms with Crippen molar-refractivity contribution >= 4 is 5.97 Å². The first-order valence-corrected chi connectivity index (χ1v) is 11.8. The van der Waals surface area contributed by atoms with Gasteiger partial charge in [-0.1, -0.05) is 72.6 Å². The lowest BCUT2D eigenvalue weighted by atomic mass is 9.88. The van der Waals surface area contributed by atoms with Gasteiger partial charge in [0.2, 0.25) is 0 Å².